The number of rotatable bonds is 0. The van der Waals surface area contributed by atoms with Gasteiger partial charge in [-0.15, -0.1) is 36.4 Å². The van der Waals surface area contributed by atoms with Gasteiger partial charge in [-0.2, -0.15) is 0 Å². The maximum Gasteiger partial charge on any atom is 0.0195 e. The molecule has 1 rings (SSSR count). The van der Waals surface area contributed by atoms with E-state index in [2.05, 4.69) is 10.6 Å². The standard InChI is InChI=1S/C4H10N2.C2H5Cl.2ClH/c1-2-6-4-3-5-1;1-2-3;;/h5-6H,1-4H2;2H2,1H3;2*1H. The van der Waals surface area contributed by atoms with E-state index in [1.807, 2.05) is 6.92 Å². The lowest BCUT2D eigenvalue weighted by Crippen LogP contribution is -2.39. The van der Waals surface area contributed by atoms with Crippen molar-refractivity contribution < 1.29 is 0 Å². The molecule has 0 spiro atoms. The molecule has 0 aromatic heterocycles. The Kier molecular flexibility index (Phi) is 27.5. The second-order valence-electron chi connectivity index (χ2n) is 1.77. The number of hydrogen-bond donors (Lipinski definition) is 2. The van der Waals surface area contributed by atoms with E-state index in [-0.39, 0.29) is 24.8 Å². The predicted octanol–water partition coefficient (Wildman–Crippen LogP) is 1.27. The molecule has 0 atom stereocenters. The summed E-state index contributed by atoms with van der Waals surface area (Å²) in [6.07, 6.45) is 0. The lowest BCUT2D eigenvalue weighted by atomic mass is 10.4. The smallest absolute Gasteiger partial charge is 0.0195 e. The quantitative estimate of drug-likeness (QED) is 0.605. The largest absolute Gasteiger partial charge is 0.314 e. The molecule has 72 valence electrons. The first-order valence-electron chi connectivity index (χ1n) is 3.39. The third-order valence-corrected chi connectivity index (χ3v) is 0.957. The fraction of sp³-hybridized carbons (Fsp3) is 1.00. The fourth-order valence-corrected chi connectivity index (χ4v) is 0.604. The molecule has 11 heavy (non-hydrogen) atoms. The molecule has 2 nitrogen and oxygen atoms in total. The monoisotopic (exact) mass is 222 g/mol. The van der Waals surface area contributed by atoms with Crippen molar-refractivity contribution in [3.05, 3.63) is 0 Å². The predicted molar refractivity (Wildman–Crippen MR) is 56.6 cm³/mol. The normalized spacial score (nSPS) is 14.7. The molecule has 0 amide bonds. The van der Waals surface area contributed by atoms with Gasteiger partial charge in [0.25, 0.3) is 0 Å². The first-order valence-corrected chi connectivity index (χ1v) is 3.92. The van der Waals surface area contributed by atoms with Gasteiger partial charge in [-0.05, 0) is 0 Å². The Bertz CT molecular complexity index is 39.6. The van der Waals surface area contributed by atoms with Crippen LogP contribution in [0.15, 0.2) is 0 Å². The van der Waals surface area contributed by atoms with E-state index in [4.69, 9.17) is 11.6 Å². The minimum atomic E-state index is 0. The Balaban J connectivity index is -0.000000116. The van der Waals surface area contributed by atoms with Crippen LogP contribution in [0.2, 0.25) is 0 Å². The van der Waals surface area contributed by atoms with Crippen molar-refractivity contribution >= 4 is 36.4 Å². The summed E-state index contributed by atoms with van der Waals surface area (Å²) in [5, 5.41) is 6.44. The van der Waals surface area contributed by atoms with Crippen LogP contribution in [0.4, 0.5) is 0 Å². The molecule has 1 heterocycles. The molecule has 2 N–H and O–H groups in total. The fourth-order valence-electron chi connectivity index (χ4n) is 0.604. The average molecular weight is 224 g/mol. The zero-order chi connectivity index (χ0) is 6.95. The molecule has 0 radical (unpaired) electrons. The van der Waals surface area contributed by atoms with Gasteiger partial charge in [-0.25, -0.2) is 0 Å². The van der Waals surface area contributed by atoms with E-state index >= 15 is 0 Å². The van der Waals surface area contributed by atoms with E-state index in [1.54, 1.807) is 0 Å². The van der Waals surface area contributed by atoms with Crippen molar-refractivity contribution in [3.63, 3.8) is 0 Å². The summed E-state index contributed by atoms with van der Waals surface area (Å²) in [6, 6.07) is 0. The van der Waals surface area contributed by atoms with Gasteiger partial charge in [-0.1, -0.05) is 6.92 Å². The zero-order valence-electron chi connectivity index (χ0n) is 6.73. The van der Waals surface area contributed by atoms with Gasteiger partial charge in [0, 0.05) is 32.1 Å². The lowest BCUT2D eigenvalue weighted by molar-refractivity contribution is 0.534. The van der Waals surface area contributed by atoms with Gasteiger partial charge < -0.3 is 10.6 Å². The molecule has 1 fully saturated rings. The van der Waals surface area contributed by atoms with Crippen LogP contribution in [0.5, 0.6) is 0 Å². The van der Waals surface area contributed by atoms with Gasteiger partial charge in [0.1, 0.15) is 0 Å². The summed E-state index contributed by atoms with van der Waals surface area (Å²) in [6.45, 7) is 6.45. The van der Waals surface area contributed by atoms with Crippen LogP contribution < -0.4 is 10.6 Å². The van der Waals surface area contributed by atoms with Gasteiger partial charge in [0.15, 0.2) is 0 Å². The summed E-state index contributed by atoms with van der Waals surface area (Å²) in [4.78, 5) is 0. The van der Waals surface area contributed by atoms with Crippen LogP contribution in [0.1, 0.15) is 6.92 Å². The molecule has 1 aliphatic heterocycles. The highest BCUT2D eigenvalue weighted by Crippen LogP contribution is 1.65. The van der Waals surface area contributed by atoms with Crippen molar-refractivity contribution in [2.24, 2.45) is 0 Å². The van der Waals surface area contributed by atoms with Gasteiger partial charge in [0.05, 0.1) is 0 Å². The summed E-state index contributed by atoms with van der Waals surface area (Å²) in [7, 11) is 0. The molecule has 0 saturated carbocycles. The molecular weight excluding hydrogens is 206 g/mol. The molecule has 0 unspecified atom stereocenters. The highest BCUT2D eigenvalue weighted by molar-refractivity contribution is 6.17. The Morgan fingerprint density at radius 2 is 1.18 bits per heavy atom. The molecule has 0 bridgehead atoms. The Hall–Kier alpha value is 0.790. The average Bonchev–Trinajstić information content (AvgIpc) is 1.93. The maximum absolute atomic E-state index is 5.00. The van der Waals surface area contributed by atoms with Crippen LogP contribution in [0, 0.1) is 0 Å². The topological polar surface area (TPSA) is 24.1 Å². The van der Waals surface area contributed by atoms with E-state index in [1.165, 1.54) is 0 Å². The van der Waals surface area contributed by atoms with E-state index < -0.39 is 0 Å². The minimum Gasteiger partial charge on any atom is -0.314 e. The number of nitrogens with one attached hydrogen (secondary N) is 2. The van der Waals surface area contributed by atoms with Gasteiger partial charge in [0.2, 0.25) is 0 Å². The van der Waals surface area contributed by atoms with Crippen LogP contribution in [0.3, 0.4) is 0 Å². The SMILES string of the molecule is C1CNCCN1.CCCl.Cl.Cl. The van der Waals surface area contributed by atoms with Crippen molar-refractivity contribution in [2.75, 3.05) is 32.1 Å². The Morgan fingerprint density at radius 3 is 1.27 bits per heavy atom. The molecular formula is C6H17Cl3N2. The van der Waals surface area contributed by atoms with Crippen LogP contribution in [-0.4, -0.2) is 32.1 Å². The number of piperazine rings is 1. The summed E-state index contributed by atoms with van der Waals surface area (Å²) in [5.41, 5.74) is 0. The molecule has 1 aliphatic rings. The van der Waals surface area contributed by atoms with Crippen LogP contribution >= 0.6 is 36.4 Å². The first-order chi connectivity index (χ1) is 4.41. The molecule has 0 aromatic rings. The maximum atomic E-state index is 5.00. The van der Waals surface area contributed by atoms with Crippen molar-refractivity contribution in [1.29, 1.82) is 0 Å². The van der Waals surface area contributed by atoms with Gasteiger partial charge in [-0.3, -0.25) is 0 Å². The van der Waals surface area contributed by atoms with Crippen LogP contribution in [0.25, 0.3) is 0 Å². The first kappa shape index (κ1) is 17.8. The third-order valence-electron chi connectivity index (χ3n) is 0.957. The highest BCUT2D eigenvalue weighted by atomic mass is 35.5. The zero-order valence-corrected chi connectivity index (χ0v) is 9.12. The lowest BCUT2D eigenvalue weighted by Gasteiger charge is -2.11. The summed E-state index contributed by atoms with van der Waals surface area (Å²) >= 11 is 5.00. The molecule has 1 saturated heterocycles. The Morgan fingerprint density at radius 1 is 1.00 bits per heavy atom. The van der Waals surface area contributed by atoms with Crippen molar-refractivity contribution in [3.8, 4) is 0 Å². The number of hydrogen-bond acceptors (Lipinski definition) is 2. The third kappa shape index (κ3) is 18.1. The second-order valence-corrected chi connectivity index (χ2v) is 2.30. The Labute approximate surface area is 86.3 Å². The summed E-state index contributed by atoms with van der Waals surface area (Å²) in [5.74, 6) is 0.722. The molecule has 0 aliphatic carbocycles. The number of alkyl halides is 1. The van der Waals surface area contributed by atoms with E-state index in [0.29, 0.717) is 0 Å². The van der Waals surface area contributed by atoms with Crippen LogP contribution in [-0.2, 0) is 0 Å². The summed E-state index contributed by atoms with van der Waals surface area (Å²) < 4.78 is 0. The number of halogens is 3. The van der Waals surface area contributed by atoms with E-state index in [0.717, 1.165) is 32.1 Å². The van der Waals surface area contributed by atoms with Gasteiger partial charge >= 0.3 is 0 Å². The second kappa shape index (κ2) is 17.0. The minimum absolute atomic E-state index is 0. The van der Waals surface area contributed by atoms with Crippen molar-refractivity contribution in [2.45, 2.75) is 6.92 Å². The highest BCUT2D eigenvalue weighted by Gasteiger charge is 1.91. The van der Waals surface area contributed by atoms with Crippen molar-refractivity contribution in [1.82, 2.24) is 10.6 Å². The molecule has 0 aromatic carbocycles. The van der Waals surface area contributed by atoms with E-state index in [9.17, 15) is 0 Å². The molecule has 5 heteroatoms.